The van der Waals surface area contributed by atoms with Crippen molar-refractivity contribution >= 4 is 35.0 Å². The molecule has 4 rings (SSSR count). The van der Waals surface area contributed by atoms with Crippen LogP contribution in [-0.2, 0) is 14.4 Å². The minimum atomic E-state index is -0.364. The topological polar surface area (TPSA) is 98.8 Å². The molecule has 0 aliphatic carbocycles. The fourth-order valence-corrected chi connectivity index (χ4v) is 4.97. The summed E-state index contributed by atoms with van der Waals surface area (Å²) in [6, 6.07) is 14.8. The predicted octanol–water partition coefficient (Wildman–Crippen LogP) is 3.76. The highest BCUT2D eigenvalue weighted by Gasteiger charge is 2.38. The van der Waals surface area contributed by atoms with Crippen molar-refractivity contribution in [2.24, 2.45) is 11.8 Å². The number of likely N-dealkylation sites (tertiary alicyclic amines) is 1. The number of para-hydroxylation sites is 1. The Balaban J connectivity index is 1.30. The first kappa shape index (κ1) is 26.4. The van der Waals surface area contributed by atoms with E-state index >= 15 is 0 Å². The lowest BCUT2D eigenvalue weighted by Gasteiger charge is -2.33. The lowest BCUT2D eigenvalue weighted by Crippen LogP contribution is -2.44. The van der Waals surface area contributed by atoms with Gasteiger partial charge >= 0.3 is 0 Å². The lowest BCUT2D eigenvalue weighted by molar-refractivity contribution is -0.138. The molecule has 2 fully saturated rings. The molecule has 0 aromatic heterocycles. The number of unbranched alkanes of at least 4 members (excludes halogenated alkanes) is 1. The normalized spacial score (nSPS) is 18.1. The van der Waals surface area contributed by atoms with Crippen LogP contribution in [0.5, 0.6) is 0 Å². The molecule has 0 bridgehead atoms. The molecule has 8 nitrogen and oxygen atoms in total. The van der Waals surface area contributed by atoms with Crippen LogP contribution in [0.25, 0.3) is 0 Å². The van der Waals surface area contributed by atoms with E-state index in [4.69, 9.17) is 0 Å². The highest BCUT2D eigenvalue weighted by atomic mass is 16.2. The smallest absolute Gasteiger partial charge is 0.253 e. The molecule has 4 amide bonds. The number of carbonyl (C=O) groups is 4. The van der Waals surface area contributed by atoms with Crippen molar-refractivity contribution in [1.82, 2.24) is 10.2 Å². The SMILES string of the molecule is CCCCNC(=O)c1ccccc1NC(=O)C1CCN(C(=O)C2CC(=O)N(c3ccc(C)cc3)C2)CC1. The number of carbonyl (C=O) groups excluding carboxylic acids is 4. The van der Waals surface area contributed by atoms with Crippen LogP contribution in [0.4, 0.5) is 11.4 Å². The van der Waals surface area contributed by atoms with Crippen LogP contribution in [0.2, 0.25) is 0 Å². The van der Waals surface area contributed by atoms with Crippen LogP contribution in [0.3, 0.4) is 0 Å². The molecule has 2 aliphatic heterocycles. The summed E-state index contributed by atoms with van der Waals surface area (Å²) in [6.07, 6.45) is 3.19. The Morgan fingerprint density at radius 2 is 1.68 bits per heavy atom. The van der Waals surface area contributed by atoms with Crippen molar-refractivity contribution in [1.29, 1.82) is 0 Å². The number of anilines is 2. The van der Waals surface area contributed by atoms with E-state index in [9.17, 15) is 19.2 Å². The van der Waals surface area contributed by atoms with E-state index in [1.165, 1.54) is 0 Å². The second kappa shape index (κ2) is 12.0. The van der Waals surface area contributed by atoms with Gasteiger partial charge in [-0.15, -0.1) is 0 Å². The van der Waals surface area contributed by atoms with E-state index in [2.05, 4.69) is 17.6 Å². The monoisotopic (exact) mass is 504 g/mol. The number of hydrogen-bond donors (Lipinski definition) is 2. The highest BCUT2D eigenvalue weighted by Crippen LogP contribution is 2.28. The van der Waals surface area contributed by atoms with Crippen molar-refractivity contribution in [2.75, 3.05) is 36.4 Å². The number of piperidine rings is 1. The number of amides is 4. The van der Waals surface area contributed by atoms with E-state index in [0.717, 1.165) is 24.1 Å². The van der Waals surface area contributed by atoms with Crippen molar-refractivity contribution < 1.29 is 19.2 Å². The molecule has 0 saturated carbocycles. The molecule has 2 N–H and O–H groups in total. The first-order valence-corrected chi connectivity index (χ1v) is 13.2. The van der Waals surface area contributed by atoms with Crippen LogP contribution >= 0.6 is 0 Å². The van der Waals surface area contributed by atoms with Crippen LogP contribution in [0.15, 0.2) is 48.5 Å². The van der Waals surface area contributed by atoms with E-state index in [1.54, 1.807) is 34.1 Å². The molecule has 1 atom stereocenters. The molecule has 2 aliphatic rings. The quantitative estimate of drug-likeness (QED) is 0.535. The molecular weight excluding hydrogens is 468 g/mol. The Bertz CT molecular complexity index is 1140. The zero-order valence-electron chi connectivity index (χ0n) is 21.7. The van der Waals surface area contributed by atoms with Gasteiger partial charge in [0, 0.05) is 44.2 Å². The number of aryl methyl sites for hydroxylation is 1. The van der Waals surface area contributed by atoms with Gasteiger partial charge in [0.05, 0.1) is 17.2 Å². The number of rotatable bonds is 8. The Hall–Kier alpha value is -3.68. The Labute approximate surface area is 218 Å². The lowest BCUT2D eigenvalue weighted by atomic mass is 9.94. The molecule has 2 saturated heterocycles. The zero-order valence-corrected chi connectivity index (χ0v) is 21.7. The van der Waals surface area contributed by atoms with Crippen LogP contribution < -0.4 is 15.5 Å². The minimum absolute atomic E-state index is 0.0177. The molecule has 0 radical (unpaired) electrons. The third-order valence-corrected chi connectivity index (χ3v) is 7.24. The summed E-state index contributed by atoms with van der Waals surface area (Å²) in [4.78, 5) is 54.8. The van der Waals surface area contributed by atoms with Gasteiger partial charge in [-0.1, -0.05) is 43.2 Å². The second-order valence-corrected chi connectivity index (χ2v) is 9.98. The molecule has 37 heavy (non-hydrogen) atoms. The van der Waals surface area contributed by atoms with Crippen molar-refractivity contribution in [3.8, 4) is 0 Å². The third kappa shape index (κ3) is 6.37. The molecule has 2 aromatic rings. The van der Waals surface area contributed by atoms with Gasteiger partial charge in [-0.05, 0) is 50.5 Å². The molecule has 2 heterocycles. The Morgan fingerprint density at radius 3 is 2.38 bits per heavy atom. The average Bonchev–Trinajstić information content (AvgIpc) is 3.30. The summed E-state index contributed by atoms with van der Waals surface area (Å²) in [5.74, 6) is -0.991. The van der Waals surface area contributed by atoms with Gasteiger partial charge in [-0.2, -0.15) is 0 Å². The first-order chi connectivity index (χ1) is 17.9. The fraction of sp³-hybridized carbons (Fsp3) is 0.448. The van der Waals surface area contributed by atoms with Crippen LogP contribution in [-0.4, -0.2) is 54.7 Å². The first-order valence-electron chi connectivity index (χ1n) is 13.2. The maximum Gasteiger partial charge on any atom is 0.253 e. The van der Waals surface area contributed by atoms with Crippen molar-refractivity contribution in [3.05, 3.63) is 59.7 Å². The largest absolute Gasteiger partial charge is 0.352 e. The Kier molecular flexibility index (Phi) is 8.58. The maximum absolute atomic E-state index is 13.2. The summed E-state index contributed by atoms with van der Waals surface area (Å²) < 4.78 is 0. The van der Waals surface area contributed by atoms with Gasteiger partial charge in [-0.3, -0.25) is 19.2 Å². The standard InChI is InChI=1S/C29H36N4O4/c1-3-4-15-30-28(36)24-7-5-6-8-25(24)31-27(35)21-13-16-32(17-14-21)29(37)22-18-26(34)33(19-22)23-11-9-20(2)10-12-23/h5-12,21-22H,3-4,13-19H2,1-2H3,(H,30,36)(H,31,35). The van der Waals surface area contributed by atoms with Gasteiger partial charge in [0.25, 0.3) is 5.91 Å². The minimum Gasteiger partial charge on any atom is -0.352 e. The van der Waals surface area contributed by atoms with Gasteiger partial charge in [0.1, 0.15) is 0 Å². The average molecular weight is 505 g/mol. The van der Waals surface area contributed by atoms with Crippen LogP contribution in [0.1, 0.15) is 54.9 Å². The molecule has 196 valence electrons. The van der Waals surface area contributed by atoms with Gasteiger partial charge in [0.2, 0.25) is 17.7 Å². The van der Waals surface area contributed by atoms with Crippen molar-refractivity contribution in [2.45, 2.75) is 46.0 Å². The molecule has 8 heteroatoms. The third-order valence-electron chi connectivity index (χ3n) is 7.24. The summed E-state index contributed by atoms with van der Waals surface area (Å²) >= 11 is 0. The van der Waals surface area contributed by atoms with Crippen molar-refractivity contribution in [3.63, 3.8) is 0 Å². The fourth-order valence-electron chi connectivity index (χ4n) is 4.97. The maximum atomic E-state index is 13.2. The van der Waals surface area contributed by atoms with E-state index < -0.39 is 0 Å². The Morgan fingerprint density at radius 1 is 0.973 bits per heavy atom. The number of nitrogens with one attached hydrogen (secondary N) is 2. The zero-order chi connectivity index (χ0) is 26.4. The van der Waals surface area contributed by atoms with E-state index in [1.807, 2.05) is 31.2 Å². The summed E-state index contributed by atoms with van der Waals surface area (Å²) in [6.45, 7) is 6.00. The molecule has 0 spiro atoms. The molecular formula is C29H36N4O4. The highest BCUT2D eigenvalue weighted by molar-refractivity contribution is 6.04. The van der Waals surface area contributed by atoms with Gasteiger partial charge < -0.3 is 20.4 Å². The second-order valence-electron chi connectivity index (χ2n) is 9.98. The molecule has 1 unspecified atom stereocenters. The number of benzene rings is 2. The number of hydrogen-bond acceptors (Lipinski definition) is 4. The van der Waals surface area contributed by atoms with E-state index in [0.29, 0.717) is 50.3 Å². The molecule has 2 aromatic carbocycles. The van der Waals surface area contributed by atoms with E-state index in [-0.39, 0.29) is 41.9 Å². The van der Waals surface area contributed by atoms with Crippen LogP contribution in [0, 0.1) is 18.8 Å². The van der Waals surface area contributed by atoms with Gasteiger partial charge in [-0.25, -0.2) is 0 Å². The van der Waals surface area contributed by atoms with Gasteiger partial charge in [0.15, 0.2) is 0 Å². The number of nitrogens with zero attached hydrogens (tertiary/aromatic N) is 2. The summed E-state index contributed by atoms with van der Waals surface area (Å²) in [7, 11) is 0. The predicted molar refractivity (Wildman–Crippen MR) is 143 cm³/mol. The summed E-state index contributed by atoms with van der Waals surface area (Å²) in [5, 5.41) is 5.83. The summed E-state index contributed by atoms with van der Waals surface area (Å²) in [5.41, 5.74) is 2.89.